The van der Waals surface area contributed by atoms with Gasteiger partial charge < -0.3 is 15.4 Å². The molecule has 1 atom stereocenters. The quantitative estimate of drug-likeness (QED) is 0.503. The van der Waals surface area contributed by atoms with Gasteiger partial charge in [-0.05, 0) is 50.4 Å². The molecule has 0 radical (unpaired) electrons. The maximum atomic E-state index is 11.9. The summed E-state index contributed by atoms with van der Waals surface area (Å²) in [7, 11) is 0. The number of aldehydes is 1. The van der Waals surface area contributed by atoms with Crippen LogP contribution >= 0.6 is 11.3 Å². The zero-order valence-electron chi connectivity index (χ0n) is 15.4. The molecule has 3 aromatic rings. The Kier molecular flexibility index (Phi) is 5.41. The molecule has 1 unspecified atom stereocenters. The minimum atomic E-state index is -1.09. The van der Waals surface area contributed by atoms with E-state index in [-0.39, 0.29) is 0 Å². The summed E-state index contributed by atoms with van der Waals surface area (Å²) in [5, 5.41) is 6.71. The number of benzene rings is 1. The number of fused-ring (bicyclic) bond motifs is 1. The van der Waals surface area contributed by atoms with Gasteiger partial charge in [0.15, 0.2) is 6.29 Å². The van der Waals surface area contributed by atoms with Crippen LogP contribution in [0.15, 0.2) is 48.7 Å². The fourth-order valence-electron chi connectivity index (χ4n) is 2.47. The molecule has 7 heteroatoms. The lowest BCUT2D eigenvalue weighted by Crippen LogP contribution is -2.43. The monoisotopic (exact) mass is 383 g/mol. The predicted octanol–water partition coefficient (Wildman–Crippen LogP) is 4.42. The number of nitrogens with one attached hydrogen (secondary N) is 2. The van der Waals surface area contributed by atoms with Crippen molar-refractivity contribution in [2.45, 2.75) is 32.5 Å². The highest BCUT2D eigenvalue weighted by Gasteiger charge is 2.19. The number of amides is 1. The zero-order valence-corrected chi connectivity index (χ0v) is 16.2. The second-order valence-electron chi connectivity index (χ2n) is 7.06. The molecule has 0 saturated heterocycles. The highest BCUT2D eigenvalue weighted by atomic mass is 32.1. The van der Waals surface area contributed by atoms with Crippen molar-refractivity contribution < 1.29 is 14.3 Å². The Morgan fingerprint density at radius 2 is 2.00 bits per heavy atom. The van der Waals surface area contributed by atoms with Crippen LogP contribution in [-0.4, -0.2) is 29.1 Å². The van der Waals surface area contributed by atoms with E-state index in [2.05, 4.69) is 33.8 Å². The molecular formula is C20H21N3O3S. The number of thiophene rings is 1. The first kappa shape index (κ1) is 18.8. The molecule has 0 aliphatic carbocycles. The van der Waals surface area contributed by atoms with Gasteiger partial charge in [0.2, 0.25) is 6.23 Å². The number of aromatic nitrogens is 1. The van der Waals surface area contributed by atoms with Crippen molar-refractivity contribution in [2.75, 3.05) is 5.32 Å². The van der Waals surface area contributed by atoms with E-state index >= 15 is 0 Å². The van der Waals surface area contributed by atoms with Crippen LogP contribution < -0.4 is 10.6 Å². The first-order valence-electron chi connectivity index (χ1n) is 8.50. The van der Waals surface area contributed by atoms with Gasteiger partial charge in [-0.25, -0.2) is 4.79 Å². The van der Waals surface area contributed by atoms with Crippen LogP contribution in [-0.2, 0) is 9.53 Å². The molecule has 0 aliphatic rings. The molecule has 0 saturated carbocycles. The van der Waals surface area contributed by atoms with Crippen LogP contribution in [0.1, 0.15) is 20.8 Å². The summed E-state index contributed by atoms with van der Waals surface area (Å²) in [6.07, 6.45) is 0.442. The Morgan fingerprint density at radius 3 is 2.70 bits per heavy atom. The molecule has 27 heavy (non-hydrogen) atoms. The zero-order chi connectivity index (χ0) is 19.4. The van der Waals surface area contributed by atoms with Crippen molar-refractivity contribution >= 4 is 39.5 Å². The molecule has 140 valence electrons. The fourth-order valence-corrected chi connectivity index (χ4v) is 3.50. The normalized spacial score (nSPS) is 12.4. The van der Waals surface area contributed by atoms with Crippen molar-refractivity contribution in [1.29, 1.82) is 0 Å². The number of alkyl carbamates (subject to hydrolysis) is 1. The number of hydrogen-bond donors (Lipinski definition) is 2. The third-order valence-electron chi connectivity index (χ3n) is 3.58. The number of anilines is 1. The number of carbonyl (C=O) groups is 2. The van der Waals surface area contributed by atoms with Gasteiger partial charge in [-0.1, -0.05) is 18.2 Å². The molecule has 1 aromatic carbocycles. The van der Waals surface area contributed by atoms with E-state index in [4.69, 9.17) is 4.74 Å². The molecule has 0 bridgehead atoms. The number of pyridine rings is 1. The minimum Gasteiger partial charge on any atom is -0.418 e. The smallest absolute Gasteiger partial charge is 0.409 e. The molecular weight excluding hydrogens is 362 g/mol. The standard InChI is InChI=1S/C20H21N3O3S/c1-20(2,3)23-19(25)26-18(12-24)22-14-8-9-21-15(11-14)17-10-13-6-4-5-7-16(13)27-17/h4-12,18H,1-3H3,(H,21,22)(H,23,25). The SMILES string of the molecule is CC(C)(C)NC(=O)OC(C=O)Nc1ccnc(-c2cc3ccccc3s2)c1. The van der Waals surface area contributed by atoms with Crippen molar-refractivity contribution in [2.24, 2.45) is 0 Å². The lowest BCUT2D eigenvalue weighted by Gasteiger charge is -2.22. The van der Waals surface area contributed by atoms with Crippen LogP contribution in [0.3, 0.4) is 0 Å². The third-order valence-corrected chi connectivity index (χ3v) is 4.72. The molecule has 1 amide bonds. The van der Waals surface area contributed by atoms with Crippen LogP contribution in [0.25, 0.3) is 20.7 Å². The molecule has 0 fully saturated rings. The summed E-state index contributed by atoms with van der Waals surface area (Å²) in [6, 6.07) is 13.7. The molecule has 0 spiro atoms. The van der Waals surface area contributed by atoms with Crippen LogP contribution in [0.2, 0.25) is 0 Å². The second-order valence-corrected chi connectivity index (χ2v) is 8.14. The number of carbonyl (C=O) groups excluding carboxylic acids is 2. The van der Waals surface area contributed by atoms with Crippen LogP contribution in [0.4, 0.5) is 10.5 Å². The van der Waals surface area contributed by atoms with Gasteiger partial charge in [0.1, 0.15) is 0 Å². The lowest BCUT2D eigenvalue weighted by atomic mass is 10.1. The Labute approximate surface area is 161 Å². The van der Waals surface area contributed by atoms with Gasteiger partial charge in [-0.3, -0.25) is 9.78 Å². The van der Waals surface area contributed by atoms with Gasteiger partial charge >= 0.3 is 6.09 Å². The third kappa shape index (κ3) is 5.04. The topological polar surface area (TPSA) is 80.3 Å². The number of ether oxygens (including phenoxy) is 1. The van der Waals surface area contributed by atoms with E-state index in [9.17, 15) is 9.59 Å². The Hall–Kier alpha value is -2.93. The van der Waals surface area contributed by atoms with E-state index in [1.165, 1.54) is 4.70 Å². The first-order valence-corrected chi connectivity index (χ1v) is 9.31. The minimum absolute atomic E-state index is 0.449. The largest absolute Gasteiger partial charge is 0.418 e. The predicted molar refractivity (Wildman–Crippen MR) is 108 cm³/mol. The fraction of sp³-hybridized carbons (Fsp3) is 0.250. The maximum Gasteiger partial charge on any atom is 0.409 e. The van der Waals surface area contributed by atoms with Gasteiger partial charge in [-0.15, -0.1) is 11.3 Å². The number of nitrogens with zero attached hydrogens (tertiary/aromatic N) is 1. The summed E-state index contributed by atoms with van der Waals surface area (Å²) in [5.74, 6) is 0. The van der Waals surface area contributed by atoms with E-state index in [0.717, 1.165) is 16.0 Å². The average Bonchev–Trinajstić information content (AvgIpc) is 3.04. The molecule has 2 aromatic heterocycles. The average molecular weight is 383 g/mol. The van der Waals surface area contributed by atoms with Gasteiger partial charge in [0.05, 0.1) is 10.6 Å². The first-order chi connectivity index (χ1) is 12.8. The lowest BCUT2D eigenvalue weighted by molar-refractivity contribution is -0.114. The Balaban J connectivity index is 1.74. The number of rotatable bonds is 5. The van der Waals surface area contributed by atoms with Crippen molar-refractivity contribution in [1.82, 2.24) is 10.3 Å². The van der Waals surface area contributed by atoms with Crippen molar-refractivity contribution in [3.05, 3.63) is 48.7 Å². The van der Waals surface area contributed by atoms with Gasteiger partial charge in [-0.2, -0.15) is 0 Å². The Morgan fingerprint density at radius 1 is 1.22 bits per heavy atom. The summed E-state index contributed by atoms with van der Waals surface area (Å²) < 4.78 is 6.31. The Bertz CT molecular complexity index is 929. The summed E-state index contributed by atoms with van der Waals surface area (Å²) >= 11 is 1.65. The highest BCUT2D eigenvalue weighted by Crippen LogP contribution is 2.33. The molecule has 6 nitrogen and oxygen atoms in total. The number of hydrogen-bond acceptors (Lipinski definition) is 6. The van der Waals surface area contributed by atoms with E-state index in [1.54, 1.807) is 23.6 Å². The van der Waals surface area contributed by atoms with E-state index in [0.29, 0.717) is 12.0 Å². The van der Waals surface area contributed by atoms with Crippen molar-refractivity contribution in [3.8, 4) is 10.6 Å². The van der Waals surface area contributed by atoms with Gasteiger partial charge in [0, 0.05) is 22.1 Å². The highest BCUT2D eigenvalue weighted by molar-refractivity contribution is 7.22. The van der Waals surface area contributed by atoms with Crippen LogP contribution in [0, 0.1) is 0 Å². The summed E-state index contributed by atoms with van der Waals surface area (Å²) in [6.45, 7) is 5.49. The van der Waals surface area contributed by atoms with Gasteiger partial charge in [0.25, 0.3) is 0 Å². The summed E-state index contributed by atoms with van der Waals surface area (Å²) in [4.78, 5) is 28.6. The van der Waals surface area contributed by atoms with E-state index < -0.39 is 17.9 Å². The second kappa shape index (κ2) is 7.75. The molecule has 0 aliphatic heterocycles. The van der Waals surface area contributed by atoms with Crippen molar-refractivity contribution in [3.63, 3.8) is 0 Å². The molecule has 2 heterocycles. The maximum absolute atomic E-state index is 11.9. The van der Waals surface area contributed by atoms with Crippen LogP contribution in [0.5, 0.6) is 0 Å². The van der Waals surface area contributed by atoms with E-state index in [1.807, 2.05) is 39.0 Å². The molecule has 3 rings (SSSR count). The molecule has 2 N–H and O–H groups in total. The summed E-state index contributed by atoms with van der Waals surface area (Å²) in [5.41, 5.74) is 0.971.